The molecule has 0 spiro atoms. The van der Waals surface area contributed by atoms with E-state index in [2.05, 4.69) is 0 Å². The van der Waals surface area contributed by atoms with E-state index in [9.17, 15) is 19.2 Å². The number of ketones is 1. The molecular weight excluding hydrogens is 386 g/mol. The number of hydrogen-bond acceptors (Lipinski definition) is 6. The molecule has 3 rings (SSSR count). The van der Waals surface area contributed by atoms with Gasteiger partial charge in [0.15, 0.2) is 5.78 Å². The summed E-state index contributed by atoms with van der Waals surface area (Å²) in [7, 11) is 1.35. The number of benzene rings is 1. The van der Waals surface area contributed by atoms with Gasteiger partial charge in [-0.25, -0.2) is 4.79 Å². The van der Waals surface area contributed by atoms with Crippen LogP contribution in [0.25, 0.3) is 0 Å². The fraction of sp³-hybridized carbons (Fsp3) is 0.429. The van der Waals surface area contributed by atoms with E-state index in [0.717, 1.165) is 4.57 Å². The number of anilines is 1. The first-order chi connectivity index (χ1) is 14.3. The lowest BCUT2D eigenvalue weighted by atomic mass is 10.1. The van der Waals surface area contributed by atoms with E-state index in [1.54, 1.807) is 17.0 Å². The summed E-state index contributed by atoms with van der Waals surface area (Å²) in [4.78, 5) is 53.9. The average Bonchev–Trinajstić information content (AvgIpc) is 2.76. The largest absolute Gasteiger partial charge is 0.384 e. The molecule has 1 aliphatic heterocycles. The third-order valence-electron chi connectivity index (χ3n) is 5.36. The van der Waals surface area contributed by atoms with Crippen LogP contribution < -0.4 is 17.0 Å². The summed E-state index contributed by atoms with van der Waals surface area (Å²) in [6.07, 6.45) is 0.646. The van der Waals surface area contributed by atoms with Gasteiger partial charge in [0.2, 0.25) is 0 Å². The smallest absolute Gasteiger partial charge is 0.332 e. The molecule has 0 unspecified atom stereocenters. The van der Waals surface area contributed by atoms with Gasteiger partial charge in [-0.1, -0.05) is 25.1 Å². The first-order valence-corrected chi connectivity index (χ1v) is 10.0. The van der Waals surface area contributed by atoms with Gasteiger partial charge in [-0.2, -0.15) is 0 Å². The number of nitrogens with two attached hydrogens (primary N) is 1. The maximum atomic E-state index is 12.9. The maximum Gasteiger partial charge on any atom is 0.332 e. The van der Waals surface area contributed by atoms with Crippen LogP contribution in [0.4, 0.5) is 5.82 Å². The first-order valence-electron chi connectivity index (χ1n) is 10.0. The molecule has 160 valence electrons. The molecule has 0 bridgehead atoms. The standard InChI is InChI=1S/C21H27N5O4/c1-3-9-26-18(22)17(20(29)23(2)21(26)30)16(27)14-24-10-12-25(13-11-24)19(28)15-7-5-4-6-8-15/h4-8H,3,9-14,22H2,1-2H3. The fourth-order valence-corrected chi connectivity index (χ4v) is 3.64. The minimum Gasteiger partial charge on any atom is -0.384 e. The molecule has 2 N–H and O–H groups in total. The molecule has 1 saturated heterocycles. The van der Waals surface area contributed by atoms with Crippen LogP contribution in [0.3, 0.4) is 0 Å². The molecular formula is C21H27N5O4. The molecule has 1 fully saturated rings. The summed E-state index contributed by atoms with van der Waals surface area (Å²) in [5, 5.41) is 0. The Morgan fingerprint density at radius 3 is 2.27 bits per heavy atom. The van der Waals surface area contributed by atoms with E-state index in [-0.39, 0.29) is 23.8 Å². The van der Waals surface area contributed by atoms with Gasteiger partial charge < -0.3 is 10.6 Å². The van der Waals surface area contributed by atoms with Crippen LogP contribution in [0, 0.1) is 0 Å². The Morgan fingerprint density at radius 1 is 1.03 bits per heavy atom. The number of carbonyl (C=O) groups is 2. The summed E-state index contributed by atoms with van der Waals surface area (Å²) in [6.45, 7) is 4.23. The van der Waals surface area contributed by atoms with E-state index in [1.165, 1.54) is 11.6 Å². The van der Waals surface area contributed by atoms with E-state index >= 15 is 0 Å². The van der Waals surface area contributed by atoms with E-state index in [1.807, 2.05) is 30.0 Å². The minimum atomic E-state index is -0.673. The van der Waals surface area contributed by atoms with Gasteiger partial charge in [-0.05, 0) is 18.6 Å². The highest BCUT2D eigenvalue weighted by Crippen LogP contribution is 2.11. The van der Waals surface area contributed by atoms with Crippen LogP contribution in [-0.4, -0.2) is 63.3 Å². The number of piperazine rings is 1. The zero-order valence-electron chi connectivity index (χ0n) is 17.3. The Kier molecular flexibility index (Phi) is 6.51. The summed E-state index contributed by atoms with van der Waals surface area (Å²) in [5.41, 5.74) is 5.32. The molecule has 30 heavy (non-hydrogen) atoms. The first kappa shape index (κ1) is 21.5. The molecule has 9 nitrogen and oxygen atoms in total. The van der Waals surface area contributed by atoms with Crippen LogP contribution in [0.15, 0.2) is 39.9 Å². The molecule has 1 aromatic heterocycles. The van der Waals surface area contributed by atoms with Crippen LogP contribution in [-0.2, 0) is 13.6 Å². The zero-order valence-corrected chi connectivity index (χ0v) is 17.3. The van der Waals surface area contributed by atoms with Gasteiger partial charge in [0.05, 0.1) is 6.54 Å². The predicted octanol–water partition coefficient (Wildman–Crippen LogP) is 0.180. The van der Waals surface area contributed by atoms with Crippen molar-refractivity contribution in [2.45, 2.75) is 19.9 Å². The molecule has 0 radical (unpaired) electrons. The van der Waals surface area contributed by atoms with Gasteiger partial charge in [0.1, 0.15) is 11.4 Å². The Labute approximate surface area is 174 Å². The number of hydrogen-bond donors (Lipinski definition) is 1. The lowest BCUT2D eigenvalue weighted by Gasteiger charge is -2.34. The van der Waals surface area contributed by atoms with Gasteiger partial charge in [0, 0.05) is 45.3 Å². The Hall–Kier alpha value is -3.20. The third kappa shape index (κ3) is 4.20. The molecule has 0 saturated carbocycles. The lowest BCUT2D eigenvalue weighted by Crippen LogP contribution is -2.50. The molecule has 1 amide bonds. The molecule has 0 atom stereocenters. The van der Waals surface area contributed by atoms with Crippen molar-refractivity contribution in [1.82, 2.24) is 18.9 Å². The monoisotopic (exact) mass is 413 g/mol. The van der Waals surface area contributed by atoms with Crippen LogP contribution in [0.2, 0.25) is 0 Å². The van der Waals surface area contributed by atoms with E-state index in [0.29, 0.717) is 44.7 Å². The SMILES string of the molecule is CCCn1c(N)c(C(=O)CN2CCN(C(=O)c3ccccc3)CC2)c(=O)n(C)c1=O. The Balaban J connectivity index is 1.70. The Morgan fingerprint density at radius 2 is 1.67 bits per heavy atom. The van der Waals surface area contributed by atoms with Crippen LogP contribution in [0.1, 0.15) is 34.1 Å². The highest BCUT2D eigenvalue weighted by atomic mass is 16.2. The quantitative estimate of drug-likeness (QED) is 0.677. The van der Waals surface area contributed by atoms with Crippen molar-refractivity contribution in [3.8, 4) is 0 Å². The van der Waals surface area contributed by atoms with Crippen molar-refractivity contribution < 1.29 is 9.59 Å². The molecule has 1 aliphatic rings. The van der Waals surface area contributed by atoms with Gasteiger partial charge in [-0.15, -0.1) is 0 Å². The van der Waals surface area contributed by atoms with Crippen molar-refractivity contribution in [1.29, 1.82) is 0 Å². The average molecular weight is 413 g/mol. The van der Waals surface area contributed by atoms with Gasteiger partial charge in [0.25, 0.3) is 11.5 Å². The van der Waals surface area contributed by atoms with Crippen molar-refractivity contribution in [3.05, 3.63) is 62.3 Å². The number of aromatic nitrogens is 2. The second kappa shape index (κ2) is 9.08. The molecule has 2 aromatic rings. The Bertz CT molecular complexity index is 1050. The number of nitrogens with zero attached hydrogens (tertiary/aromatic N) is 4. The number of rotatable bonds is 6. The van der Waals surface area contributed by atoms with E-state index in [4.69, 9.17) is 5.73 Å². The summed E-state index contributed by atoms with van der Waals surface area (Å²) in [5.74, 6) is -0.528. The second-order valence-corrected chi connectivity index (χ2v) is 7.42. The molecule has 9 heteroatoms. The predicted molar refractivity (Wildman–Crippen MR) is 114 cm³/mol. The van der Waals surface area contributed by atoms with Crippen LogP contribution >= 0.6 is 0 Å². The lowest BCUT2D eigenvalue weighted by molar-refractivity contribution is 0.0624. The molecule has 2 heterocycles. The fourth-order valence-electron chi connectivity index (χ4n) is 3.64. The minimum absolute atomic E-state index is 0.0110. The van der Waals surface area contributed by atoms with E-state index < -0.39 is 17.0 Å². The van der Waals surface area contributed by atoms with Crippen molar-refractivity contribution in [2.24, 2.45) is 7.05 Å². The number of carbonyl (C=O) groups excluding carboxylic acids is 2. The zero-order chi connectivity index (χ0) is 21.8. The van der Waals surface area contributed by atoms with Gasteiger partial charge in [-0.3, -0.25) is 28.4 Å². The maximum absolute atomic E-state index is 12.9. The number of nitrogen functional groups attached to an aromatic ring is 1. The van der Waals surface area contributed by atoms with Crippen molar-refractivity contribution >= 4 is 17.5 Å². The summed E-state index contributed by atoms with van der Waals surface area (Å²) >= 11 is 0. The highest BCUT2D eigenvalue weighted by Gasteiger charge is 2.26. The normalized spacial score (nSPS) is 14.7. The molecule has 1 aromatic carbocycles. The van der Waals surface area contributed by atoms with Crippen molar-refractivity contribution in [2.75, 3.05) is 38.5 Å². The van der Waals surface area contributed by atoms with Crippen molar-refractivity contribution in [3.63, 3.8) is 0 Å². The third-order valence-corrected chi connectivity index (χ3v) is 5.36. The second-order valence-electron chi connectivity index (χ2n) is 7.42. The molecule has 0 aliphatic carbocycles. The summed E-state index contributed by atoms with van der Waals surface area (Å²) in [6, 6.07) is 9.07. The van der Waals surface area contributed by atoms with Gasteiger partial charge >= 0.3 is 5.69 Å². The highest BCUT2D eigenvalue weighted by molar-refractivity contribution is 6.01. The summed E-state index contributed by atoms with van der Waals surface area (Å²) < 4.78 is 2.20. The number of Topliss-reactive ketones (excluding diaryl/α,β-unsaturated/α-hetero) is 1. The number of amides is 1. The topological polar surface area (TPSA) is 111 Å². The van der Waals surface area contributed by atoms with Crippen LogP contribution in [0.5, 0.6) is 0 Å².